The second-order valence-corrected chi connectivity index (χ2v) is 8.26. The molecule has 0 spiro atoms. The first-order valence-corrected chi connectivity index (χ1v) is 10.3. The Morgan fingerprint density at radius 3 is 2.37 bits per heavy atom. The Kier molecular flexibility index (Phi) is 5.76. The highest BCUT2D eigenvalue weighted by atomic mass is 19.4. The number of nitrogens with one attached hydrogen (secondary N) is 1. The van der Waals surface area contributed by atoms with Crippen LogP contribution in [0.25, 0.3) is 0 Å². The molecule has 3 nitrogen and oxygen atoms in total. The third-order valence-electron chi connectivity index (χ3n) is 6.45. The summed E-state index contributed by atoms with van der Waals surface area (Å²) < 4.78 is 45.6. The molecule has 0 bridgehead atoms. The molecule has 0 radical (unpaired) electrons. The molecule has 2 aliphatic heterocycles. The Balaban J connectivity index is 1.35. The van der Waals surface area contributed by atoms with E-state index in [4.69, 9.17) is 4.74 Å². The third kappa shape index (κ3) is 4.66. The van der Waals surface area contributed by atoms with E-state index in [0.717, 1.165) is 38.5 Å². The van der Waals surface area contributed by atoms with Crippen LogP contribution in [0.5, 0.6) is 0 Å². The number of hydrogen-bond acceptors (Lipinski definition) is 3. The third-order valence-corrected chi connectivity index (χ3v) is 6.45. The smallest absolute Gasteiger partial charge is 0.371 e. The Bertz CT molecular complexity index is 618. The van der Waals surface area contributed by atoms with Crippen LogP contribution in [0.4, 0.5) is 13.2 Å². The second kappa shape index (κ2) is 8.10. The van der Waals surface area contributed by atoms with Crippen LogP contribution in [0.3, 0.4) is 0 Å². The number of benzene rings is 1. The van der Waals surface area contributed by atoms with Gasteiger partial charge in [0.25, 0.3) is 0 Å². The van der Waals surface area contributed by atoms with Crippen molar-refractivity contribution in [2.45, 2.75) is 62.9 Å². The zero-order valence-corrected chi connectivity index (χ0v) is 15.7. The van der Waals surface area contributed by atoms with Gasteiger partial charge in [0, 0.05) is 6.04 Å². The number of hydrogen-bond donors (Lipinski definition) is 1. The SMILES string of the molecule is FC(F)(F)c1ccccc1C(NCC1CCN(C2CCCC2)CC1)C1CO1. The molecule has 3 fully saturated rings. The Morgan fingerprint density at radius 1 is 1.07 bits per heavy atom. The molecule has 0 aromatic heterocycles. The van der Waals surface area contributed by atoms with Crippen molar-refractivity contribution in [3.05, 3.63) is 35.4 Å². The zero-order chi connectivity index (χ0) is 18.9. The summed E-state index contributed by atoms with van der Waals surface area (Å²) in [5.41, 5.74) is -0.232. The molecule has 4 rings (SSSR count). The van der Waals surface area contributed by atoms with Crippen LogP contribution in [0.15, 0.2) is 24.3 Å². The fraction of sp³-hybridized carbons (Fsp3) is 0.714. The molecule has 150 valence electrons. The molecule has 1 aromatic carbocycles. The summed E-state index contributed by atoms with van der Waals surface area (Å²) in [5, 5.41) is 3.42. The van der Waals surface area contributed by atoms with Crippen LogP contribution >= 0.6 is 0 Å². The van der Waals surface area contributed by atoms with E-state index in [1.807, 2.05) is 0 Å². The van der Waals surface area contributed by atoms with Crippen LogP contribution in [0.1, 0.15) is 55.7 Å². The van der Waals surface area contributed by atoms with Gasteiger partial charge in [0.1, 0.15) is 6.10 Å². The van der Waals surface area contributed by atoms with E-state index in [-0.39, 0.29) is 12.1 Å². The van der Waals surface area contributed by atoms with Crippen molar-refractivity contribution in [2.75, 3.05) is 26.2 Å². The number of rotatable bonds is 6. The summed E-state index contributed by atoms with van der Waals surface area (Å²) in [7, 11) is 0. The highest BCUT2D eigenvalue weighted by molar-refractivity contribution is 5.33. The topological polar surface area (TPSA) is 27.8 Å². The van der Waals surface area contributed by atoms with E-state index in [2.05, 4.69) is 10.2 Å². The van der Waals surface area contributed by atoms with Gasteiger partial charge in [-0.3, -0.25) is 0 Å². The fourth-order valence-corrected chi connectivity index (χ4v) is 4.80. The molecule has 1 aromatic rings. The van der Waals surface area contributed by atoms with Gasteiger partial charge >= 0.3 is 6.18 Å². The number of piperidine rings is 1. The molecule has 6 heteroatoms. The van der Waals surface area contributed by atoms with Crippen LogP contribution in [0, 0.1) is 5.92 Å². The normalized spacial score (nSPS) is 26.4. The maximum Gasteiger partial charge on any atom is 0.416 e. The van der Waals surface area contributed by atoms with E-state index in [9.17, 15) is 13.2 Å². The van der Waals surface area contributed by atoms with Gasteiger partial charge in [-0.05, 0) is 62.9 Å². The highest BCUT2D eigenvalue weighted by Gasteiger charge is 2.41. The first-order chi connectivity index (χ1) is 13.0. The van der Waals surface area contributed by atoms with Gasteiger partial charge in [-0.25, -0.2) is 0 Å². The highest BCUT2D eigenvalue weighted by Crippen LogP contribution is 2.38. The zero-order valence-electron chi connectivity index (χ0n) is 15.7. The van der Waals surface area contributed by atoms with Crippen molar-refractivity contribution in [2.24, 2.45) is 5.92 Å². The minimum atomic E-state index is -4.34. The molecule has 1 saturated carbocycles. The van der Waals surface area contributed by atoms with Crippen molar-refractivity contribution >= 4 is 0 Å². The summed E-state index contributed by atoms with van der Waals surface area (Å²) in [6.07, 6.45) is 3.15. The number of likely N-dealkylation sites (tertiary alicyclic amines) is 1. The summed E-state index contributed by atoms with van der Waals surface area (Å²) in [6, 6.07) is 6.29. The van der Waals surface area contributed by atoms with Crippen molar-refractivity contribution in [1.29, 1.82) is 0 Å². The van der Waals surface area contributed by atoms with Crippen LogP contribution in [0.2, 0.25) is 0 Å². The summed E-state index contributed by atoms with van der Waals surface area (Å²) in [4.78, 5) is 2.63. The molecular formula is C21H29F3N2O. The van der Waals surface area contributed by atoms with E-state index >= 15 is 0 Å². The lowest BCUT2D eigenvalue weighted by molar-refractivity contribution is -0.138. The molecular weight excluding hydrogens is 353 g/mol. The van der Waals surface area contributed by atoms with Gasteiger partial charge in [-0.1, -0.05) is 31.0 Å². The first kappa shape index (κ1) is 19.2. The Morgan fingerprint density at radius 2 is 1.74 bits per heavy atom. The fourth-order valence-electron chi connectivity index (χ4n) is 4.80. The van der Waals surface area contributed by atoms with Crippen molar-refractivity contribution in [1.82, 2.24) is 10.2 Å². The Labute approximate surface area is 159 Å². The Hall–Kier alpha value is -1.11. The van der Waals surface area contributed by atoms with E-state index in [1.165, 1.54) is 37.8 Å². The van der Waals surface area contributed by atoms with E-state index < -0.39 is 11.7 Å². The number of alkyl halides is 3. The maximum atomic E-state index is 13.4. The molecule has 2 heterocycles. The van der Waals surface area contributed by atoms with Crippen molar-refractivity contribution in [3.63, 3.8) is 0 Å². The minimum absolute atomic E-state index is 0.146. The number of ether oxygens (including phenoxy) is 1. The van der Waals surface area contributed by atoms with E-state index in [0.29, 0.717) is 18.1 Å². The van der Waals surface area contributed by atoms with Crippen molar-refractivity contribution < 1.29 is 17.9 Å². The predicted molar refractivity (Wildman–Crippen MR) is 98.5 cm³/mol. The summed E-state index contributed by atoms with van der Waals surface area (Å²) in [5.74, 6) is 0.530. The van der Waals surface area contributed by atoms with Gasteiger partial charge in [0.15, 0.2) is 0 Å². The van der Waals surface area contributed by atoms with E-state index in [1.54, 1.807) is 12.1 Å². The molecule has 2 atom stereocenters. The molecule has 1 aliphatic carbocycles. The minimum Gasteiger partial charge on any atom is -0.371 e. The van der Waals surface area contributed by atoms with Gasteiger partial charge in [-0.2, -0.15) is 13.2 Å². The predicted octanol–water partition coefficient (Wildman–Crippen LogP) is 4.39. The molecule has 2 saturated heterocycles. The van der Waals surface area contributed by atoms with Gasteiger partial charge in [-0.15, -0.1) is 0 Å². The molecule has 1 N–H and O–H groups in total. The van der Waals surface area contributed by atoms with Gasteiger partial charge < -0.3 is 15.0 Å². The standard InChI is InChI=1S/C21H29F3N2O/c22-21(23,24)18-8-4-3-7-17(18)20(19-14-27-19)25-13-15-9-11-26(12-10-15)16-5-1-2-6-16/h3-4,7-8,15-16,19-20,25H,1-2,5-6,9-14H2. The van der Waals surface area contributed by atoms with Gasteiger partial charge in [0.2, 0.25) is 0 Å². The van der Waals surface area contributed by atoms with Crippen LogP contribution in [-0.2, 0) is 10.9 Å². The van der Waals surface area contributed by atoms with Crippen molar-refractivity contribution in [3.8, 4) is 0 Å². The monoisotopic (exact) mass is 382 g/mol. The first-order valence-electron chi connectivity index (χ1n) is 10.3. The second-order valence-electron chi connectivity index (χ2n) is 8.26. The average molecular weight is 382 g/mol. The summed E-state index contributed by atoms with van der Waals surface area (Å²) in [6.45, 7) is 3.54. The number of nitrogens with zero attached hydrogens (tertiary/aromatic N) is 1. The van der Waals surface area contributed by atoms with Crippen LogP contribution < -0.4 is 5.32 Å². The lowest BCUT2D eigenvalue weighted by Gasteiger charge is -2.36. The van der Waals surface area contributed by atoms with Gasteiger partial charge in [0.05, 0.1) is 18.2 Å². The maximum absolute atomic E-state index is 13.4. The lowest BCUT2D eigenvalue weighted by Crippen LogP contribution is -2.42. The number of halogens is 3. The van der Waals surface area contributed by atoms with Crippen LogP contribution in [-0.4, -0.2) is 43.3 Å². The lowest BCUT2D eigenvalue weighted by atomic mass is 9.93. The number of epoxide rings is 1. The molecule has 27 heavy (non-hydrogen) atoms. The summed E-state index contributed by atoms with van der Waals surface area (Å²) >= 11 is 0. The average Bonchev–Trinajstić information content (AvgIpc) is 3.35. The molecule has 2 unspecified atom stereocenters. The largest absolute Gasteiger partial charge is 0.416 e. The molecule has 3 aliphatic rings. The molecule has 0 amide bonds. The quantitative estimate of drug-likeness (QED) is 0.740.